The molecule has 0 fully saturated rings. The summed E-state index contributed by atoms with van der Waals surface area (Å²) in [5.41, 5.74) is 0.578. The Morgan fingerprint density at radius 2 is 2.19 bits per heavy atom. The molecule has 1 N–H and O–H groups in total. The summed E-state index contributed by atoms with van der Waals surface area (Å²) in [6.07, 6.45) is 4.63. The van der Waals surface area contributed by atoms with Gasteiger partial charge in [0.25, 0.3) is 0 Å². The van der Waals surface area contributed by atoms with Gasteiger partial charge in [-0.15, -0.1) is 0 Å². The first-order valence-corrected chi connectivity index (χ1v) is 5.82. The van der Waals surface area contributed by atoms with Gasteiger partial charge in [0.2, 0.25) is 0 Å². The Labute approximate surface area is 101 Å². The number of halogens is 2. The summed E-state index contributed by atoms with van der Waals surface area (Å²) in [4.78, 5) is 0. The van der Waals surface area contributed by atoms with Crippen molar-refractivity contribution in [3.63, 3.8) is 0 Å². The molecule has 0 atom stereocenters. The van der Waals surface area contributed by atoms with Crippen LogP contribution in [0.25, 0.3) is 6.08 Å². The lowest BCUT2D eigenvalue weighted by Gasteiger charge is -2.04. The van der Waals surface area contributed by atoms with Crippen molar-refractivity contribution >= 4 is 17.7 Å². The second kappa shape index (κ2) is 6.66. The summed E-state index contributed by atoms with van der Waals surface area (Å²) in [5.74, 6) is -0.277. The highest BCUT2D eigenvalue weighted by Crippen LogP contribution is 2.15. The summed E-state index contributed by atoms with van der Waals surface area (Å²) in [6.45, 7) is 5.11. The van der Waals surface area contributed by atoms with Gasteiger partial charge in [0.15, 0.2) is 0 Å². The van der Waals surface area contributed by atoms with Crippen LogP contribution in [0.1, 0.15) is 25.8 Å². The second-order valence-corrected chi connectivity index (χ2v) is 4.40. The van der Waals surface area contributed by atoms with Crippen LogP contribution in [-0.4, -0.2) is 12.6 Å². The Morgan fingerprint density at radius 1 is 1.44 bits per heavy atom. The summed E-state index contributed by atoms with van der Waals surface area (Å²) in [5, 5.41) is 3.72. The maximum atomic E-state index is 13.3. The maximum absolute atomic E-state index is 13.3. The zero-order valence-electron chi connectivity index (χ0n) is 9.63. The molecule has 0 aliphatic rings. The largest absolute Gasteiger partial charge is 0.314 e. The van der Waals surface area contributed by atoms with Crippen LogP contribution in [0.15, 0.2) is 24.3 Å². The van der Waals surface area contributed by atoms with E-state index < -0.39 is 0 Å². The molecule has 0 heterocycles. The zero-order chi connectivity index (χ0) is 12.0. The molecule has 0 aromatic heterocycles. The Balaban J connectivity index is 2.44. The van der Waals surface area contributed by atoms with E-state index in [9.17, 15) is 4.39 Å². The van der Waals surface area contributed by atoms with E-state index in [1.165, 1.54) is 6.07 Å². The molecule has 0 radical (unpaired) electrons. The van der Waals surface area contributed by atoms with Gasteiger partial charge in [0.1, 0.15) is 5.82 Å². The number of hydrogen-bond donors (Lipinski definition) is 1. The van der Waals surface area contributed by atoms with Gasteiger partial charge in [0.05, 0.1) is 0 Å². The fraction of sp³-hybridized carbons (Fsp3) is 0.385. The molecule has 0 saturated carbocycles. The van der Waals surface area contributed by atoms with Crippen molar-refractivity contribution in [1.29, 1.82) is 0 Å². The first-order valence-electron chi connectivity index (χ1n) is 5.44. The molecule has 0 spiro atoms. The molecular weight excluding hydrogens is 225 g/mol. The van der Waals surface area contributed by atoms with E-state index >= 15 is 0 Å². The van der Waals surface area contributed by atoms with Gasteiger partial charge in [-0.1, -0.05) is 43.7 Å². The summed E-state index contributed by atoms with van der Waals surface area (Å²) in [7, 11) is 0. The molecule has 0 unspecified atom stereocenters. The molecule has 0 amide bonds. The van der Waals surface area contributed by atoms with Gasteiger partial charge >= 0.3 is 0 Å². The van der Waals surface area contributed by atoms with Crippen molar-refractivity contribution in [2.24, 2.45) is 0 Å². The highest BCUT2D eigenvalue weighted by molar-refractivity contribution is 6.30. The van der Waals surface area contributed by atoms with E-state index in [1.807, 2.05) is 6.08 Å². The van der Waals surface area contributed by atoms with Gasteiger partial charge in [-0.25, -0.2) is 4.39 Å². The van der Waals surface area contributed by atoms with E-state index in [0.717, 1.165) is 13.0 Å². The fourth-order valence-corrected chi connectivity index (χ4v) is 1.46. The lowest BCUT2D eigenvalue weighted by molar-refractivity contribution is 0.595. The minimum absolute atomic E-state index is 0.277. The first kappa shape index (κ1) is 13.2. The predicted molar refractivity (Wildman–Crippen MR) is 68.2 cm³/mol. The number of rotatable bonds is 5. The summed E-state index contributed by atoms with van der Waals surface area (Å²) < 4.78 is 13.3. The van der Waals surface area contributed by atoms with Crippen molar-refractivity contribution in [1.82, 2.24) is 5.32 Å². The summed E-state index contributed by atoms with van der Waals surface area (Å²) >= 11 is 5.66. The Kier molecular flexibility index (Phi) is 5.50. The van der Waals surface area contributed by atoms with Crippen molar-refractivity contribution in [2.75, 3.05) is 6.54 Å². The lowest BCUT2D eigenvalue weighted by atomic mass is 10.2. The molecule has 16 heavy (non-hydrogen) atoms. The van der Waals surface area contributed by atoms with Gasteiger partial charge < -0.3 is 5.32 Å². The molecule has 0 saturated heterocycles. The van der Waals surface area contributed by atoms with E-state index in [2.05, 4.69) is 19.2 Å². The Morgan fingerprint density at radius 3 is 2.81 bits per heavy atom. The normalized spacial score (nSPS) is 11.6. The smallest absolute Gasteiger partial charge is 0.131 e. The van der Waals surface area contributed by atoms with Crippen LogP contribution in [0.4, 0.5) is 4.39 Å². The number of hydrogen-bond acceptors (Lipinski definition) is 1. The standard InChI is InChI=1S/C13H17ClFN/c1-10(2)16-8-4-3-5-11-6-7-12(14)9-13(11)15/h3,5-7,9-10,16H,4,8H2,1-2H3. The van der Waals surface area contributed by atoms with Crippen LogP contribution in [0, 0.1) is 5.82 Å². The maximum Gasteiger partial charge on any atom is 0.131 e. The average Bonchev–Trinajstić information content (AvgIpc) is 2.20. The highest BCUT2D eigenvalue weighted by Gasteiger charge is 1.98. The van der Waals surface area contributed by atoms with Crippen LogP contribution in [0.2, 0.25) is 5.02 Å². The molecule has 88 valence electrons. The SMILES string of the molecule is CC(C)NCCC=Cc1ccc(Cl)cc1F. The average molecular weight is 242 g/mol. The molecule has 0 bridgehead atoms. The Bertz CT molecular complexity index is 361. The topological polar surface area (TPSA) is 12.0 Å². The minimum Gasteiger partial charge on any atom is -0.314 e. The van der Waals surface area contributed by atoms with Crippen LogP contribution in [-0.2, 0) is 0 Å². The van der Waals surface area contributed by atoms with Crippen molar-refractivity contribution in [3.8, 4) is 0 Å². The fourth-order valence-electron chi connectivity index (χ4n) is 1.30. The third-order valence-corrected chi connectivity index (χ3v) is 2.36. The van der Waals surface area contributed by atoms with E-state index in [4.69, 9.17) is 11.6 Å². The molecular formula is C13H17ClFN. The van der Waals surface area contributed by atoms with Gasteiger partial charge in [-0.2, -0.15) is 0 Å². The van der Waals surface area contributed by atoms with Gasteiger partial charge in [-0.3, -0.25) is 0 Å². The molecule has 3 heteroatoms. The third kappa shape index (κ3) is 4.77. The van der Waals surface area contributed by atoms with Crippen LogP contribution < -0.4 is 5.32 Å². The highest BCUT2D eigenvalue weighted by atomic mass is 35.5. The van der Waals surface area contributed by atoms with Crippen molar-refractivity contribution in [3.05, 3.63) is 40.7 Å². The first-order chi connectivity index (χ1) is 7.59. The Hall–Kier alpha value is -0.860. The third-order valence-electron chi connectivity index (χ3n) is 2.12. The van der Waals surface area contributed by atoms with E-state index in [-0.39, 0.29) is 5.82 Å². The number of nitrogens with one attached hydrogen (secondary N) is 1. The number of benzene rings is 1. The van der Waals surface area contributed by atoms with Crippen molar-refractivity contribution < 1.29 is 4.39 Å². The molecule has 1 aromatic carbocycles. The van der Waals surface area contributed by atoms with Crippen molar-refractivity contribution in [2.45, 2.75) is 26.3 Å². The molecule has 1 nitrogen and oxygen atoms in total. The van der Waals surface area contributed by atoms with E-state index in [1.54, 1.807) is 18.2 Å². The van der Waals surface area contributed by atoms with Crippen LogP contribution in [0.5, 0.6) is 0 Å². The van der Waals surface area contributed by atoms with E-state index in [0.29, 0.717) is 16.6 Å². The lowest BCUT2D eigenvalue weighted by Crippen LogP contribution is -2.23. The predicted octanol–water partition coefficient (Wildman–Crippen LogP) is 3.88. The molecule has 0 aliphatic carbocycles. The van der Waals surface area contributed by atoms with Crippen LogP contribution in [0.3, 0.4) is 0 Å². The minimum atomic E-state index is -0.277. The van der Waals surface area contributed by atoms with Gasteiger partial charge in [0, 0.05) is 16.6 Å². The molecule has 0 aliphatic heterocycles. The van der Waals surface area contributed by atoms with Crippen LogP contribution >= 0.6 is 11.6 Å². The molecule has 1 aromatic rings. The molecule has 1 rings (SSSR count). The zero-order valence-corrected chi connectivity index (χ0v) is 10.4. The quantitative estimate of drug-likeness (QED) is 0.772. The van der Waals surface area contributed by atoms with Gasteiger partial charge in [-0.05, 0) is 25.1 Å². The summed E-state index contributed by atoms with van der Waals surface area (Å²) in [6, 6.07) is 5.19. The monoisotopic (exact) mass is 241 g/mol. The second-order valence-electron chi connectivity index (χ2n) is 3.97.